The molecule has 168 valence electrons. The molecule has 0 saturated carbocycles. The minimum atomic E-state index is -3.79. The number of hydrogen-bond donors (Lipinski definition) is 2. The minimum Gasteiger partial charge on any atom is -0.439 e. The molecule has 0 radical (unpaired) electrons. The van der Waals surface area contributed by atoms with E-state index in [0.717, 1.165) is 0 Å². The van der Waals surface area contributed by atoms with Crippen LogP contribution in [0.4, 0.5) is 11.4 Å². The lowest BCUT2D eigenvalue weighted by Gasteiger charge is -2.11. The molecule has 1 amide bonds. The van der Waals surface area contributed by atoms with Gasteiger partial charge in [0.15, 0.2) is 0 Å². The lowest BCUT2D eigenvalue weighted by Crippen LogP contribution is -2.13. The van der Waals surface area contributed by atoms with E-state index in [1.54, 1.807) is 37.3 Å². The minimum absolute atomic E-state index is 0.0749. The zero-order valence-corrected chi connectivity index (χ0v) is 18.7. The van der Waals surface area contributed by atoms with Crippen molar-refractivity contribution in [1.29, 1.82) is 0 Å². The third-order valence-electron chi connectivity index (χ3n) is 4.48. The fourth-order valence-corrected chi connectivity index (χ4v) is 4.10. The summed E-state index contributed by atoms with van der Waals surface area (Å²) in [4.78, 5) is 19.9. The number of ether oxygens (including phenoxy) is 1. The van der Waals surface area contributed by atoms with Gasteiger partial charge in [0.1, 0.15) is 17.4 Å². The zero-order chi connectivity index (χ0) is 23.4. The number of benzene rings is 2. The monoisotopic (exact) mass is 463 g/mol. The molecule has 0 atom stereocenters. The van der Waals surface area contributed by atoms with Gasteiger partial charge in [-0.15, -0.1) is 0 Å². The van der Waals surface area contributed by atoms with Crippen LogP contribution in [-0.4, -0.2) is 28.9 Å². The van der Waals surface area contributed by atoms with Gasteiger partial charge in [0.05, 0.1) is 4.90 Å². The highest BCUT2D eigenvalue weighted by molar-refractivity contribution is 7.92. The highest BCUT2D eigenvalue weighted by Crippen LogP contribution is 2.25. The SMILES string of the molecule is CC(=O)Nc1ccc(S(=O)(=O)Nc2ccc(Oc3cc(-n4cccc4)nc(C)n3)cc2)cc1. The largest absolute Gasteiger partial charge is 0.439 e. The number of nitrogens with zero attached hydrogens (tertiary/aromatic N) is 3. The summed E-state index contributed by atoms with van der Waals surface area (Å²) in [7, 11) is -3.79. The first-order chi connectivity index (χ1) is 15.8. The number of carbonyl (C=O) groups is 1. The van der Waals surface area contributed by atoms with Crippen molar-refractivity contribution in [2.75, 3.05) is 10.0 Å². The smallest absolute Gasteiger partial charge is 0.261 e. The molecular weight excluding hydrogens is 442 g/mol. The fourth-order valence-electron chi connectivity index (χ4n) is 3.04. The molecule has 2 aromatic carbocycles. The molecule has 0 spiro atoms. The van der Waals surface area contributed by atoms with Crippen LogP contribution in [0.25, 0.3) is 5.82 Å². The number of hydrogen-bond acceptors (Lipinski definition) is 6. The van der Waals surface area contributed by atoms with Crippen molar-refractivity contribution >= 4 is 27.3 Å². The Morgan fingerprint density at radius 3 is 2.21 bits per heavy atom. The lowest BCUT2D eigenvalue weighted by atomic mass is 10.3. The van der Waals surface area contributed by atoms with E-state index >= 15 is 0 Å². The van der Waals surface area contributed by atoms with Crippen molar-refractivity contribution in [3.05, 3.63) is 84.9 Å². The third-order valence-corrected chi connectivity index (χ3v) is 5.88. The molecule has 2 N–H and O–H groups in total. The predicted octanol–water partition coefficient (Wildman–Crippen LogP) is 4.13. The Labute approximate surface area is 191 Å². The summed E-state index contributed by atoms with van der Waals surface area (Å²) in [5, 5.41) is 2.60. The first-order valence-corrected chi connectivity index (χ1v) is 11.4. The van der Waals surface area contributed by atoms with Crippen LogP contribution in [0.5, 0.6) is 11.6 Å². The van der Waals surface area contributed by atoms with Crippen molar-refractivity contribution < 1.29 is 17.9 Å². The average molecular weight is 464 g/mol. The number of rotatable bonds is 7. The van der Waals surface area contributed by atoms with E-state index in [1.165, 1.54) is 31.2 Å². The van der Waals surface area contributed by atoms with Crippen LogP contribution >= 0.6 is 0 Å². The highest BCUT2D eigenvalue weighted by Gasteiger charge is 2.14. The Balaban J connectivity index is 1.46. The van der Waals surface area contributed by atoms with E-state index < -0.39 is 10.0 Å². The fraction of sp³-hybridized carbons (Fsp3) is 0.0870. The molecule has 0 bridgehead atoms. The number of nitrogens with one attached hydrogen (secondary N) is 2. The summed E-state index contributed by atoms with van der Waals surface area (Å²) in [5.41, 5.74) is 0.892. The zero-order valence-electron chi connectivity index (χ0n) is 17.9. The van der Waals surface area contributed by atoms with E-state index in [-0.39, 0.29) is 10.8 Å². The molecular formula is C23H21N5O4S. The molecule has 0 aliphatic carbocycles. The van der Waals surface area contributed by atoms with Crippen LogP contribution in [0.3, 0.4) is 0 Å². The van der Waals surface area contributed by atoms with Gasteiger partial charge in [0, 0.05) is 36.8 Å². The third kappa shape index (κ3) is 5.55. The topological polar surface area (TPSA) is 115 Å². The van der Waals surface area contributed by atoms with Crippen LogP contribution < -0.4 is 14.8 Å². The van der Waals surface area contributed by atoms with Crippen molar-refractivity contribution in [3.63, 3.8) is 0 Å². The molecule has 4 rings (SSSR count). The van der Waals surface area contributed by atoms with Gasteiger partial charge in [0.2, 0.25) is 11.8 Å². The number of sulfonamides is 1. The number of anilines is 2. The van der Waals surface area contributed by atoms with E-state index in [1.807, 2.05) is 29.1 Å². The van der Waals surface area contributed by atoms with Gasteiger partial charge < -0.3 is 14.6 Å². The van der Waals surface area contributed by atoms with Gasteiger partial charge in [-0.1, -0.05) is 0 Å². The van der Waals surface area contributed by atoms with Crippen LogP contribution in [0.15, 0.2) is 84.0 Å². The van der Waals surface area contributed by atoms with Crippen LogP contribution in [-0.2, 0) is 14.8 Å². The molecule has 2 heterocycles. The number of carbonyl (C=O) groups excluding carboxylic acids is 1. The van der Waals surface area contributed by atoms with Crippen molar-refractivity contribution in [2.45, 2.75) is 18.7 Å². The summed E-state index contributed by atoms with van der Waals surface area (Å²) in [6.07, 6.45) is 3.75. The van der Waals surface area contributed by atoms with E-state index in [9.17, 15) is 13.2 Å². The second-order valence-electron chi connectivity index (χ2n) is 7.14. The average Bonchev–Trinajstić information content (AvgIpc) is 3.30. The quantitative estimate of drug-likeness (QED) is 0.426. The second kappa shape index (κ2) is 9.13. The van der Waals surface area contributed by atoms with Gasteiger partial charge >= 0.3 is 0 Å². The Hall–Kier alpha value is -4.18. The van der Waals surface area contributed by atoms with Gasteiger partial charge in [-0.25, -0.2) is 13.4 Å². The first-order valence-electron chi connectivity index (χ1n) is 9.96. The molecule has 9 nitrogen and oxygen atoms in total. The van der Waals surface area contributed by atoms with Gasteiger partial charge in [0.25, 0.3) is 10.0 Å². The molecule has 4 aromatic rings. The normalized spacial score (nSPS) is 11.1. The van der Waals surface area contributed by atoms with Gasteiger partial charge in [-0.2, -0.15) is 4.98 Å². The summed E-state index contributed by atoms with van der Waals surface area (Å²) < 4.78 is 35.5. The van der Waals surface area contributed by atoms with E-state index in [4.69, 9.17) is 4.74 Å². The lowest BCUT2D eigenvalue weighted by molar-refractivity contribution is -0.114. The molecule has 0 aliphatic rings. The van der Waals surface area contributed by atoms with Crippen LogP contribution in [0.2, 0.25) is 0 Å². The Kier molecular flexibility index (Phi) is 6.09. The number of aromatic nitrogens is 3. The standard InChI is InChI=1S/C23H21N5O4S/c1-16-24-22(28-13-3-4-14-28)15-23(25-16)32-20-9-5-19(6-10-20)27-33(30,31)21-11-7-18(8-12-21)26-17(2)29/h3-15,27H,1-2H3,(H,26,29). The molecule has 0 unspecified atom stereocenters. The van der Waals surface area contributed by atoms with Crippen molar-refractivity contribution in [2.24, 2.45) is 0 Å². The Morgan fingerprint density at radius 2 is 1.58 bits per heavy atom. The molecule has 0 aliphatic heterocycles. The van der Waals surface area contributed by atoms with E-state index in [0.29, 0.717) is 34.6 Å². The first kappa shape index (κ1) is 22.0. The molecule has 10 heteroatoms. The number of amides is 1. The van der Waals surface area contributed by atoms with Crippen LogP contribution in [0, 0.1) is 6.92 Å². The Morgan fingerprint density at radius 1 is 0.939 bits per heavy atom. The van der Waals surface area contributed by atoms with Gasteiger partial charge in [-0.05, 0) is 67.6 Å². The predicted molar refractivity (Wildman–Crippen MR) is 124 cm³/mol. The summed E-state index contributed by atoms with van der Waals surface area (Å²) >= 11 is 0. The molecule has 33 heavy (non-hydrogen) atoms. The summed E-state index contributed by atoms with van der Waals surface area (Å²) in [5.74, 6) is 1.87. The highest BCUT2D eigenvalue weighted by atomic mass is 32.2. The number of aryl methyl sites for hydroxylation is 1. The maximum Gasteiger partial charge on any atom is 0.261 e. The molecule has 2 aromatic heterocycles. The summed E-state index contributed by atoms with van der Waals surface area (Å²) in [6.45, 7) is 3.16. The van der Waals surface area contributed by atoms with Crippen molar-refractivity contribution in [1.82, 2.24) is 14.5 Å². The molecule has 0 saturated heterocycles. The maximum absolute atomic E-state index is 12.6. The Bertz CT molecular complexity index is 1370. The van der Waals surface area contributed by atoms with Crippen molar-refractivity contribution in [3.8, 4) is 17.4 Å². The second-order valence-corrected chi connectivity index (χ2v) is 8.82. The molecule has 0 fully saturated rings. The summed E-state index contributed by atoms with van der Waals surface area (Å²) in [6, 6.07) is 17.9. The van der Waals surface area contributed by atoms with Crippen LogP contribution in [0.1, 0.15) is 12.7 Å². The van der Waals surface area contributed by atoms with E-state index in [2.05, 4.69) is 20.0 Å². The van der Waals surface area contributed by atoms with Gasteiger partial charge in [-0.3, -0.25) is 9.52 Å². The maximum atomic E-state index is 12.6.